The highest BCUT2D eigenvalue weighted by molar-refractivity contribution is 6.30. The molecule has 0 heterocycles. The van der Waals surface area contributed by atoms with Gasteiger partial charge in [-0.2, -0.15) is 0 Å². The molecule has 1 aromatic rings. The second kappa shape index (κ2) is 6.16. The van der Waals surface area contributed by atoms with Crippen molar-refractivity contribution in [1.82, 2.24) is 4.90 Å². The topological polar surface area (TPSA) is 3.24 Å². The van der Waals surface area contributed by atoms with Crippen molar-refractivity contribution >= 4 is 23.2 Å². The zero-order chi connectivity index (χ0) is 11.3. The van der Waals surface area contributed by atoms with E-state index < -0.39 is 0 Å². The van der Waals surface area contributed by atoms with Crippen LogP contribution in [0.25, 0.3) is 0 Å². The molecule has 0 N–H and O–H groups in total. The van der Waals surface area contributed by atoms with Gasteiger partial charge in [0.25, 0.3) is 0 Å². The van der Waals surface area contributed by atoms with E-state index in [1.54, 1.807) is 0 Å². The van der Waals surface area contributed by atoms with Crippen molar-refractivity contribution in [1.29, 1.82) is 0 Å². The highest BCUT2D eigenvalue weighted by Crippen LogP contribution is 2.11. The Kier molecular flexibility index (Phi) is 5.16. The third-order valence-electron chi connectivity index (χ3n) is 2.05. The van der Waals surface area contributed by atoms with Gasteiger partial charge in [0.15, 0.2) is 0 Å². The molecule has 0 spiro atoms. The number of halogens is 2. The zero-order valence-corrected chi connectivity index (χ0v) is 10.4. The van der Waals surface area contributed by atoms with Gasteiger partial charge in [0.1, 0.15) is 0 Å². The highest BCUT2D eigenvalue weighted by Gasteiger charge is 2.01. The Morgan fingerprint density at radius 3 is 2.47 bits per heavy atom. The Hall–Kier alpha value is -0.500. The standard InChI is InChI=1S/C12H15Cl2N/c1-10(7-13)8-15(2)9-11-3-5-12(14)6-4-11/h3-6H,1,7-9H2,2H3. The van der Waals surface area contributed by atoms with E-state index in [1.807, 2.05) is 31.3 Å². The monoisotopic (exact) mass is 243 g/mol. The van der Waals surface area contributed by atoms with Crippen molar-refractivity contribution in [3.8, 4) is 0 Å². The van der Waals surface area contributed by atoms with Gasteiger partial charge in [-0.25, -0.2) is 0 Å². The molecule has 0 saturated heterocycles. The fourth-order valence-electron chi connectivity index (χ4n) is 1.38. The van der Waals surface area contributed by atoms with E-state index in [0.717, 1.165) is 23.7 Å². The first-order valence-corrected chi connectivity index (χ1v) is 5.68. The fourth-order valence-corrected chi connectivity index (χ4v) is 1.59. The van der Waals surface area contributed by atoms with Crippen LogP contribution in [0, 0.1) is 0 Å². The van der Waals surface area contributed by atoms with Crippen LogP contribution in [0.4, 0.5) is 0 Å². The van der Waals surface area contributed by atoms with Crippen LogP contribution >= 0.6 is 23.2 Å². The van der Waals surface area contributed by atoms with Crippen molar-refractivity contribution in [2.75, 3.05) is 19.5 Å². The molecule has 0 aliphatic carbocycles. The summed E-state index contributed by atoms with van der Waals surface area (Å²) in [6.45, 7) is 5.58. The highest BCUT2D eigenvalue weighted by atomic mass is 35.5. The van der Waals surface area contributed by atoms with Crippen molar-refractivity contribution in [3.05, 3.63) is 47.0 Å². The molecule has 0 aliphatic heterocycles. The molecule has 0 saturated carbocycles. The Balaban J connectivity index is 2.47. The van der Waals surface area contributed by atoms with Gasteiger partial charge in [-0.15, -0.1) is 11.6 Å². The third-order valence-corrected chi connectivity index (χ3v) is 2.68. The molecule has 82 valence electrons. The van der Waals surface area contributed by atoms with Crippen LogP contribution in [0.2, 0.25) is 5.02 Å². The second-order valence-electron chi connectivity index (χ2n) is 3.68. The van der Waals surface area contributed by atoms with Gasteiger partial charge in [0.2, 0.25) is 0 Å². The molecule has 1 aromatic carbocycles. The molecule has 1 nitrogen and oxygen atoms in total. The van der Waals surface area contributed by atoms with Crippen LogP contribution in [0.5, 0.6) is 0 Å². The molecule has 0 atom stereocenters. The van der Waals surface area contributed by atoms with E-state index in [4.69, 9.17) is 23.2 Å². The maximum absolute atomic E-state index is 5.81. The van der Waals surface area contributed by atoms with Crippen molar-refractivity contribution < 1.29 is 0 Å². The Morgan fingerprint density at radius 2 is 1.93 bits per heavy atom. The lowest BCUT2D eigenvalue weighted by molar-refractivity contribution is 0.356. The Morgan fingerprint density at radius 1 is 1.33 bits per heavy atom. The first-order valence-electron chi connectivity index (χ1n) is 4.77. The molecular formula is C12H15Cl2N. The lowest BCUT2D eigenvalue weighted by Crippen LogP contribution is -2.20. The lowest BCUT2D eigenvalue weighted by atomic mass is 10.2. The molecule has 1 rings (SSSR count). The summed E-state index contributed by atoms with van der Waals surface area (Å²) in [7, 11) is 2.05. The summed E-state index contributed by atoms with van der Waals surface area (Å²) in [4.78, 5) is 2.17. The molecule has 3 heteroatoms. The van der Waals surface area contributed by atoms with Gasteiger partial charge in [-0.3, -0.25) is 4.90 Å². The van der Waals surface area contributed by atoms with Crippen LogP contribution < -0.4 is 0 Å². The maximum atomic E-state index is 5.81. The minimum absolute atomic E-state index is 0.519. The predicted molar refractivity (Wildman–Crippen MR) is 67.6 cm³/mol. The van der Waals surface area contributed by atoms with Crippen LogP contribution in [-0.2, 0) is 6.54 Å². The van der Waals surface area contributed by atoms with E-state index in [2.05, 4.69) is 11.5 Å². The zero-order valence-electron chi connectivity index (χ0n) is 8.84. The van der Waals surface area contributed by atoms with Crippen LogP contribution in [-0.4, -0.2) is 24.4 Å². The SMILES string of the molecule is C=C(CCl)CN(C)Cc1ccc(Cl)cc1. The normalized spacial score (nSPS) is 10.7. The summed E-state index contributed by atoms with van der Waals surface area (Å²) in [6, 6.07) is 7.87. The quantitative estimate of drug-likeness (QED) is 0.565. The average Bonchev–Trinajstić information content (AvgIpc) is 2.21. The van der Waals surface area contributed by atoms with Gasteiger partial charge >= 0.3 is 0 Å². The van der Waals surface area contributed by atoms with E-state index in [0.29, 0.717) is 5.88 Å². The molecule has 15 heavy (non-hydrogen) atoms. The minimum Gasteiger partial charge on any atom is -0.298 e. The molecule has 0 unspecified atom stereocenters. The number of hydrogen-bond acceptors (Lipinski definition) is 1. The number of likely N-dealkylation sites (N-methyl/N-ethyl adjacent to an activating group) is 1. The van der Waals surface area contributed by atoms with Crippen LogP contribution in [0.1, 0.15) is 5.56 Å². The lowest BCUT2D eigenvalue weighted by Gasteiger charge is -2.17. The maximum Gasteiger partial charge on any atom is 0.0443 e. The Labute approximate surface area is 101 Å². The smallest absolute Gasteiger partial charge is 0.0443 e. The van der Waals surface area contributed by atoms with Gasteiger partial charge in [0.05, 0.1) is 0 Å². The van der Waals surface area contributed by atoms with E-state index in [-0.39, 0.29) is 0 Å². The molecule has 0 amide bonds. The number of rotatable bonds is 5. The second-order valence-corrected chi connectivity index (χ2v) is 4.39. The van der Waals surface area contributed by atoms with E-state index >= 15 is 0 Å². The van der Waals surface area contributed by atoms with Crippen molar-refractivity contribution in [2.45, 2.75) is 6.54 Å². The summed E-state index contributed by atoms with van der Waals surface area (Å²) < 4.78 is 0. The number of nitrogens with zero attached hydrogens (tertiary/aromatic N) is 1. The largest absolute Gasteiger partial charge is 0.298 e. The van der Waals surface area contributed by atoms with Gasteiger partial charge in [-0.1, -0.05) is 30.3 Å². The predicted octanol–water partition coefficient (Wildman–Crippen LogP) is 3.57. The first-order chi connectivity index (χ1) is 7.11. The minimum atomic E-state index is 0.519. The average molecular weight is 244 g/mol. The van der Waals surface area contributed by atoms with Crippen LogP contribution in [0.3, 0.4) is 0 Å². The van der Waals surface area contributed by atoms with Crippen LogP contribution in [0.15, 0.2) is 36.4 Å². The van der Waals surface area contributed by atoms with Gasteiger partial charge in [-0.05, 0) is 30.3 Å². The molecular weight excluding hydrogens is 229 g/mol. The summed E-state index contributed by atoms with van der Waals surface area (Å²) in [5.41, 5.74) is 2.28. The molecule has 0 fully saturated rings. The summed E-state index contributed by atoms with van der Waals surface area (Å²) in [5, 5.41) is 0.770. The van der Waals surface area contributed by atoms with Crippen molar-refractivity contribution in [2.24, 2.45) is 0 Å². The molecule has 0 aromatic heterocycles. The van der Waals surface area contributed by atoms with Crippen molar-refractivity contribution in [3.63, 3.8) is 0 Å². The molecule has 0 bridgehead atoms. The summed E-state index contributed by atoms with van der Waals surface area (Å²) in [5.74, 6) is 0.519. The number of benzene rings is 1. The fraction of sp³-hybridized carbons (Fsp3) is 0.333. The van der Waals surface area contributed by atoms with Gasteiger partial charge in [0, 0.05) is 24.0 Å². The molecule has 0 aliphatic rings. The number of hydrogen-bond donors (Lipinski definition) is 0. The van der Waals surface area contributed by atoms with Gasteiger partial charge < -0.3 is 0 Å². The summed E-state index contributed by atoms with van der Waals surface area (Å²) in [6.07, 6.45) is 0. The van der Waals surface area contributed by atoms with E-state index in [9.17, 15) is 0 Å². The van der Waals surface area contributed by atoms with E-state index in [1.165, 1.54) is 5.56 Å². The Bertz CT molecular complexity index is 319. The third kappa shape index (κ3) is 4.70. The first kappa shape index (κ1) is 12.6. The molecule has 0 radical (unpaired) electrons. The summed E-state index contributed by atoms with van der Waals surface area (Å²) >= 11 is 11.5. The number of alkyl halides is 1.